The molecule has 0 amide bonds. The van der Waals surface area contributed by atoms with E-state index in [1.54, 1.807) is 0 Å². The minimum atomic E-state index is -0.0110. The monoisotopic (exact) mass is 275 g/mol. The zero-order chi connectivity index (χ0) is 14.7. The molecule has 3 unspecified atom stereocenters. The van der Waals surface area contributed by atoms with Crippen molar-refractivity contribution in [1.82, 2.24) is 0 Å². The first-order valence-corrected chi connectivity index (χ1v) is 7.90. The number of ether oxygens (including phenoxy) is 1. The first-order chi connectivity index (χ1) is 9.45. The Hall–Kier alpha value is -0.860. The summed E-state index contributed by atoms with van der Waals surface area (Å²) < 4.78 is 6.10. The number of rotatable bonds is 4. The maximum Gasteiger partial charge on any atom is 0.0663 e. The molecule has 1 aromatic rings. The lowest BCUT2D eigenvalue weighted by atomic mass is 9.82. The van der Waals surface area contributed by atoms with Crippen LogP contribution in [0.4, 0.5) is 0 Å². The Labute approximate surface area is 123 Å². The average Bonchev–Trinajstić information content (AvgIpc) is 2.35. The third kappa shape index (κ3) is 4.07. The number of aryl methyl sites for hydroxylation is 2. The molecule has 0 heterocycles. The molecule has 0 saturated heterocycles. The zero-order valence-electron chi connectivity index (χ0n) is 13.4. The Kier molecular flexibility index (Phi) is 5.22. The standard InChI is InChI=1S/C18H29NO/c1-12-5-6-17(15(4)8-12)18(19)11-20-16-9-13(2)7-14(3)10-16/h5-6,8,13-14,16,18H,7,9-11,19H2,1-4H3. The average molecular weight is 275 g/mol. The third-order valence-corrected chi connectivity index (χ3v) is 4.47. The molecule has 112 valence electrons. The molecule has 0 aliphatic heterocycles. The molecule has 1 aliphatic rings. The van der Waals surface area contributed by atoms with Gasteiger partial charge in [0.2, 0.25) is 0 Å². The van der Waals surface area contributed by atoms with Gasteiger partial charge in [-0.3, -0.25) is 0 Å². The van der Waals surface area contributed by atoms with Gasteiger partial charge < -0.3 is 10.5 Å². The van der Waals surface area contributed by atoms with Gasteiger partial charge >= 0.3 is 0 Å². The van der Waals surface area contributed by atoms with E-state index in [9.17, 15) is 0 Å². The lowest BCUT2D eigenvalue weighted by molar-refractivity contribution is -0.00532. The fraction of sp³-hybridized carbons (Fsp3) is 0.667. The fourth-order valence-corrected chi connectivity index (χ4v) is 3.58. The molecule has 1 fully saturated rings. The van der Waals surface area contributed by atoms with Crippen molar-refractivity contribution in [2.45, 2.75) is 59.1 Å². The predicted molar refractivity (Wildman–Crippen MR) is 84.8 cm³/mol. The first kappa shape index (κ1) is 15.5. The molecule has 2 heteroatoms. The topological polar surface area (TPSA) is 35.2 Å². The van der Waals surface area contributed by atoms with Gasteiger partial charge in [-0.25, -0.2) is 0 Å². The molecule has 2 nitrogen and oxygen atoms in total. The highest BCUT2D eigenvalue weighted by molar-refractivity contribution is 5.32. The van der Waals surface area contributed by atoms with Crippen LogP contribution in [0.1, 0.15) is 55.8 Å². The van der Waals surface area contributed by atoms with Gasteiger partial charge in [0.1, 0.15) is 0 Å². The highest BCUT2D eigenvalue weighted by atomic mass is 16.5. The van der Waals surface area contributed by atoms with Crippen molar-refractivity contribution in [1.29, 1.82) is 0 Å². The van der Waals surface area contributed by atoms with Crippen LogP contribution in [0.15, 0.2) is 18.2 Å². The lowest BCUT2D eigenvalue weighted by Crippen LogP contribution is -2.29. The number of hydrogen-bond acceptors (Lipinski definition) is 2. The number of benzene rings is 1. The molecular weight excluding hydrogens is 246 g/mol. The van der Waals surface area contributed by atoms with Gasteiger partial charge in [0.15, 0.2) is 0 Å². The fourth-order valence-electron chi connectivity index (χ4n) is 3.58. The van der Waals surface area contributed by atoms with Gasteiger partial charge in [-0.15, -0.1) is 0 Å². The summed E-state index contributed by atoms with van der Waals surface area (Å²) >= 11 is 0. The molecule has 3 atom stereocenters. The van der Waals surface area contributed by atoms with Crippen LogP contribution in [0, 0.1) is 25.7 Å². The van der Waals surface area contributed by atoms with E-state index in [1.807, 2.05) is 0 Å². The van der Waals surface area contributed by atoms with Crippen LogP contribution in [-0.2, 0) is 4.74 Å². The molecule has 0 aromatic heterocycles. The van der Waals surface area contributed by atoms with Crippen molar-refractivity contribution < 1.29 is 4.74 Å². The summed E-state index contributed by atoms with van der Waals surface area (Å²) in [4.78, 5) is 0. The Morgan fingerprint density at radius 3 is 2.40 bits per heavy atom. The highest BCUT2D eigenvalue weighted by Crippen LogP contribution is 2.31. The van der Waals surface area contributed by atoms with Crippen LogP contribution in [0.5, 0.6) is 0 Å². The van der Waals surface area contributed by atoms with Gasteiger partial charge in [-0.2, -0.15) is 0 Å². The highest BCUT2D eigenvalue weighted by Gasteiger charge is 2.25. The molecule has 0 spiro atoms. The van der Waals surface area contributed by atoms with E-state index in [0.29, 0.717) is 12.7 Å². The van der Waals surface area contributed by atoms with Crippen molar-refractivity contribution in [2.75, 3.05) is 6.61 Å². The zero-order valence-corrected chi connectivity index (χ0v) is 13.4. The van der Waals surface area contributed by atoms with Crippen LogP contribution in [0.25, 0.3) is 0 Å². The summed E-state index contributed by atoms with van der Waals surface area (Å²) in [5, 5.41) is 0. The Balaban J connectivity index is 1.90. The van der Waals surface area contributed by atoms with Gasteiger partial charge in [0.05, 0.1) is 18.8 Å². The molecule has 2 rings (SSSR count). The van der Waals surface area contributed by atoms with E-state index in [0.717, 1.165) is 11.8 Å². The summed E-state index contributed by atoms with van der Waals surface area (Å²) in [5.41, 5.74) is 10.1. The second-order valence-corrected chi connectivity index (χ2v) is 6.84. The molecule has 1 aromatic carbocycles. The maximum absolute atomic E-state index is 6.31. The minimum Gasteiger partial charge on any atom is -0.376 e. The molecule has 2 N–H and O–H groups in total. The van der Waals surface area contributed by atoms with Crippen LogP contribution in [0.2, 0.25) is 0 Å². The second-order valence-electron chi connectivity index (χ2n) is 6.84. The SMILES string of the molecule is Cc1ccc(C(N)COC2CC(C)CC(C)C2)c(C)c1. The first-order valence-electron chi connectivity index (χ1n) is 7.90. The third-order valence-electron chi connectivity index (χ3n) is 4.47. The van der Waals surface area contributed by atoms with E-state index in [2.05, 4.69) is 45.9 Å². The van der Waals surface area contributed by atoms with Crippen molar-refractivity contribution in [3.63, 3.8) is 0 Å². The van der Waals surface area contributed by atoms with E-state index in [4.69, 9.17) is 10.5 Å². The Morgan fingerprint density at radius 1 is 1.15 bits per heavy atom. The van der Waals surface area contributed by atoms with Gasteiger partial charge in [-0.1, -0.05) is 37.6 Å². The number of hydrogen-bond donors (Lipinski definition) is 1. The van der Waals surface area contributed by atoms with E-state index >= 15 is 0 Å². The summed E-state index contributed by atoms with van der Waals surface area (Å²) in [5.74, 6) is 1.56. The number of nitrogens with two attached hydrogens (primary N) is 1. The van der Waals surface area contributed by atoms with Crippen LogP contribution in [0.3, 0.4) is 0 Å². The van der Waals surface area contributed by atoms with Gasteiger partial charge in [0, 0.05) is 0 Å². The summed E-state index contributed by atoms with van der Waals surface area (Å²) in [6, 6.07) is 6.46. The van der Waals surface area contributed by atoms with E-state index < -0.39 is 0 Å². The predicted octanol–water partition coefficient (Wildman–Crippen LogP) is 4.14. The molecule has 1 saturated carbocycles. The van der Waals surface area contributed by atoms with Crippen LogP contribution >= 0.6 is 0 Å². The molecule has 0 bridgehead atoms. The molecule has 1 aliphatic carbocycles. The normalized spacial score (nSPS) is 28.4. The van der Waals surface area contributed by atoms with Gasteiger partial charge in [-0.05, 0) is 56.1 Å². The Bertz CT molecular complexity index is 433. The van der Waals surface area contributed by atoms with Crippen LogP contribution in [-0.4, -0.2) is 12.7 Å². The molecule has 20 heavy (non-hydrogen) atoms. The minimum absolute atomic E-state index is 0.0110. The van der Waals surface area contributed by atoms with Crippen LogP contribution < -0.4 is 5.73 Å². The second kappa shape index (κ2) is 6.73. The quantitative estimate of drug-likeness (QED) is 0.896. The molecule has 0 radical (unpaired) electrons. The smallest absolute Gasteiger partial charge is 0.0663 e. The summed E-state index contributed by atoms with van der Waals surface area (Å²) in [6.07, 6.45) is 4.10. The summed E-state index contributed by atoms with van der Waals surface area (Å²) in [7, 11) is 0. The van der Waals surface area contributed by atoms with E-state index in [1.165, 1.54) is 36.0 Å². The Morgan fingerprint density at radius 2 is 1.80 bits per heavy atom. The van der Waals surface area contributed by atoms with Gasteiger partial charge in [0.25, 0.3) is 0 Å². The summed E-state index contributed by atoms with van der Waals surface area (Å²) in [6.45, 7) is 9.54. The van der Waals surface area contributed by atoms with E-state index in [-0.39, 0.29) is 6.04 Å². The lowest BCUT2D eigenvalue weighted by Gasteiger charge is -2.32. The van der Waals surface area contributed by atoms with Crippen molar-refractivity contribution >= 4 is 0 Å². The largest absolute Gasteiger partial charge is 0.376 e. The maximum atomic E-state index is 6.31. The molecular formula is C18H29NO. The van der Waals surface area contributed by atoms with Crippen molar-refractivity contribution in [3.8, 4) is 0 Å². The van der Waals surface area contributed by atoms with Crippen molar-refractivity contribution in [2.24, 2.45) is 17.6 Å². The van der Waals surface area contributed by atoms with Crippen molar-refractivity contribution in [3.05, 3.63) is 34.9 Å².